The number of carboxylic acid groups (broad SMARTS) is 1. The second-order valence-electron chi connectivity index (χ2n) is 12.5. The van der Waals surface area contributed by atoms with Crippen LogP contribution in [0.1, 0.15) is 109 Å². The summed E-state index contributed by atoms with van der Waals surface area (Å²) in [6.45, 7) is 12.5. The molecule has 4 rings (SSSR count). The summed E-state index contributed by atoms with van der Waals surface area (Å²) in [7, 11) is 2.66. The number of nitrogens with two attached hydrogens (primary N) is 1. The van der Waals surface area contributed by atoms with Crippen LogP contribution in [0.2, 0.25) is 10.0 Å². The van der Waals surface area contributed by atoms with Crippen LogP contribution >= 0.6 is 23.2 Å². The number of halogens is 2. The first kappa shape index (κ1) is 49.5. The number of nitrogen functional groups attached to an aromatic ring is 1. The summed E-state index contributed by atoms with van der Waals surface area (Å²) in [4.78, 5) is 46.3. The highest BCUT2D eigenvalue weighted by Crippen LogP contribution is 2.38. The van der Waals surface area contributed by atoms with E-state index in [0.717, 1.165) is 25.7 Å². The molecule has 4 N–H and O–H groups in total. The minimum Gasteiger partial charge on any atom is -0.492 e. The molecule has 0 fully saturated rings. The molecule has 4 aromatic rings. The van der Waals surface area contributed by atoms with Gasteiger partial charge in [0.1, 0.15) is 33.0 Å². The topological polar surface area (TPSA) is 182 Å². The van der Waals surface area contributed by atoms with Crippen LogP contribution in [0.4, 0.5) is 11.4 Å². The largest absolute Gasteiger partial charge is 0.492 e. The van der Waals surface area contributed by atoms with Crippen molar-refractivity contribution in [3.63, 3.8) is 0 Å². The van der Waals surface area contributed by atoms with E-state index in [9.17, 15) is 19.2 Å². The Balaban J connectivity index is 0.000000341. The zero-order valence-corrected chi connectivity index (χ0v) is 36.2. The first-order valence-corrected chi connectivity index (χ1v) is 19.9. The van der Waals surface area contributed by atoms with E-state index in [4.69, 9.17) is 53.0 Å². The summed E-state index contributed by atoms with van der Waals surface area (Å²) >= 11 is 12.6. The minimum atomic E-state index is -1.04. The van der Waals surface area contributed by atoms with Gasteiger partial charge in [-0.1, -0.05) is 50.9 Å². The van der Waals surface area contributed by atoms with Crippen LogP contribution in [0.25, 0.3) is 0 Å². The number of hydrogen-bond donors (Lipinski definition) is 3. The van der Waals surface area contributed by atoms with Crippen molar-refractivity contribution in [2.75, 3.05) is 38.5 Å². The maximum Gasteiger partial charge on any atom is 0.337 e. The van der Waals surface area contributed by atoms with Gasteiger partial charge in [0.15, 0.2) is 0 Å². The van der Waals surface area contributed by atoms with Gasteiger partial charge in [0, 0.05) is 16.9 Å². The number of carbonyl (C=O) groups excluding carboxylic acids is 3. The fourth-order valence-electron chi connectivity index (χ4n) is 5.11. The monoisotopic (exact) mass is 856 g/mol. The number of ether oxygens (including phenoxy) is 6. The van der Waals surface area contributed by atoms with Crippen LogP contribution in [-0.2, 0) is 9.47 Å². The van der Waals surface area contributed by atoms with Crippen LogP contribution in [0.15, 0.2) is 72.8 Å². The van der Waals surface area contributed by atoms with Crippen molar-refractivity contribution in [2.45, 2.75) is 79.4 Å². The highest BCUT2D eigenvalue weighted by molar-refractivity contribution is 6.34. The molecule has 0 spiro atoms. The van der Waals surface area contributed by atoms with Gasteiger partial charge in [-0.05, 0) is 112 Å². The van der Waals surface area contributed by atoms with E-state index in [-0.39, 0.29) is 29.6 Å². The first-order valence-electron chi connectivity index (χ1n) is 19.1. The quantitative estimate of drug-likeness (QED) is 0.0676. The summed E-state index contributed by atoms with van der Waals surface area (Å²) in [6, 6.07) is 19.0. The van der Waals surface area contributed by atoms with Crippen molar-refractivity contribution in [1.29, 1.82) is 0 Å². The van der Waals surface area contributed by atoms with E-state index in [2.05, 4.69) is 14.8 Å². The predicted octanol–water partition coefficient (Wildman–Crippen LogP) is 10.4. The Morgan fingerprint density at radius 3 is 1.34 bits per heavy atom. The highest BCUT2D eigenvalue weighted by Gasteiger charge is 2.20. The fraction of sp³-hybridized carbons (Fsp3) is 0.364. The molecule has 4 aromatic carbocycles. The molecule has 0 aliphatic heterocycles. The molecule has 0 atom stereocenters. The average Bonchev–Trinajstić information content (AvgIpc) is 3.24. The van der Waals surface area contributed by atoms with Gasteiger partial charge in [-0.15, -0.1) is 0 Å². The Bertz CT molecular complexity index is 1970. The lowest BCUT2D eigenvalue weighted by atomic mass is 10.1. The summed E-state index contributed by atoms with van der Waals surface area (Å²) in [5.41, 5.74) is 7.97. The van der Waals surface area contributed by atoms with Gasteiger partial charge < -0.3 is 44.6 Å². The van der Waals surface area contributed by atoms with Gasteiger partial charge in [0.2, 0.25) is 0 Å². The molecular weight excluding hydrogens is 803 g/mol. The molecule has 1 amide bonds. The zero-order valence-electron chi connectivity index (χ0n) is 34.7. The number of benzene rings is 4. The summed E-state index contributed by atoms with van der Waals surface area (Å²) in [5, 5.41) is 12.5. The number of amides is 1. The molecule has 0 aliphatic rings. The van der Waals surface area contributed by atoms with Crippen LogP contribution < -0.4 is 30.0 Å². The summed E-state index contributed by atoms with van der Waals surface area (Å²) in [6.07, 6.45) is 3.30. The molecule has 0 saturated heterocycles. The Kier molecular flexibility index (Phi) is 21.5. The van der Waals surface area contributed by atoms with Crippen molar-refractivity contribution < 1.29 is 52.7 Å². The van der Waals surface area contributed by atoms with Crippen LogP contribution in [0, 0.1) is 0 Å². The van der Waals surface area contributed by atoms with E-state index >= 15 is 0 Å². The molecule has 0 heterocycles. The Labute approximate surface area is 356 Å². The fourth-order valence-corrected chi connectivity index (χ4v) is 5.53. The maximum atomic E-state index is 12.8. The third-order valence-electron chi connectivity index (χ3n) is 8.42. The molecule has 0 bridgehead atoms. The van der Waals surface area contributed by atoms with Crippen molar-refractivity contribution >= 4 is 58.4 Å². The molecule has 59 heavy (non-hydrogen) atoms. The highest BCUT2D eigenvalue weighted by atomic mass is 35.5. The number of aromatic carboxylic acids is 1. The molecule has 0 unspecified atom stereocenters. The van der Waals surface area contributed by atoms with E-state index in [1.807, 2.05) is 41.5 Å². The number of hydrogen-bond acceptors (Lipinski definition) is 11. The lowest BCUT2D eigenvalue weighted by molar-refractivity contribution is 0.0592. The standard InChI is InChI=1S/C22H26ClNO5.C14H19ClO4.C8H9NO2/c1-5-17(6-2)29-19-13-15(12-18(20(19)23)28-7-3)21(25)24-16-10-8-14(9-11-16)22(26)27-4;1-4-10(5-2)19-12-8-9(14(16)17)7-11(13(12)15)18-6-3;1-11-8(10)6-2-4-7(9)5-3-6/h8-13,17H,5-7H2,1-4H3,(H,24,25);7-8,10H,4-6H2,1-3H3,(H,16,17);2-5H,9H2,1H3. The normalized spacial score (nSPS) is 10.3. The van der Waals surface area contributed by atoms with Crippen molar-refractivity contribution in [2.24, 2.45) is 0 Å². The van der Waals surface area contributed by atoms with Crippen LogP contribution in [0.5, 0.6) is 23.0 Å². The van der Waals surface area contributed by atoms with Gasteiger partial charge in [-0.3, -0.25) is 4.79 Å². The maximum absolute atomic E-state index is 12.8. The van der Waals surface area contributed by atoms with Gasteiger partial charge in [-0.25, -0.2) is 14.4 Å². The third kappa shape index (κ3) is 15.6. The lowest BCUT2D eigenvalue weighted by Crippen LogP contribution is -2.16. The zero-order chi connectivity index (χ0) is 44.1. The number of methoxy groups -OCH3 is 2. The molecule has 15 heteroatoms. The summed E-state index contributed by atoms with van der Waals surface area (Å²) in [5.74, 6) is -0.657. The molecule has 0 saturated carbocycles. The van der Waals surface area contributed by atoms with Gasteiger partial charge in [0.05, 0.1) is 56.3 Å². The van der Waals surface area contributed by atoms with Gasteiger partial charge >= 0.3 is 17.9 Å². The smallest absolute Gasteiger partial charge is 0.337 e. The number of anilines is 2. The molecule has 0 aliphatic carbocycles. The van der Waals surface area contributed by atoms with Crippen molar-refractivity contribution in [1.82, 2.24) is 0 Å². The van der Waals surface area contributed by atoms with Crippen LogP contribution in [0.3, 0.4) is 0 Å². The Morgan fingerprint density at radius 1 is 0.593 bits per heavy atom. The second-order valence-corrected chi connectivity index (χ2v) is 13.2. The second kappa shape index (κ2) is 25.6. The van der Waals surface area contributed by atoms with Crippen LogP contribution in [-0.4, -0.2) is 68.6 Å². The Morgan fingerprint density at radius 2 is 0.966 bits per heavy atom. The minimum absolute atomic E-state index is 0.00819. The number of rotatable bonds is 17. The molecule has 13 nitrogen and oxygen atoms in total. The van der Waals surface area contributed by atoms with E-state index < -0.39 is 11.9 Å². The number of nitrogens with one attached hydrogen (secondary N) is 1. The van der Waals surface area contributed by atoms with E-state index in [1.54, 1.807) is 60.7 Å². The lowest BCUT2D eigenvalue weighted by Gasteiger charge is -2.19. The molecule has 0 radical (unpaired) electrons. The third-order valence-corrected chi connectivity index (χ3v) is 9.17. The molecule has 0 aromatic heterocycles. The average molecular weight is 858 g/mol. The van der Waals surface area contributed by atoms with E-state index in [0.29, 0.717) is 74.3 Å². The van der Waals surface area contributed by atoms with Gasteiger partial charge in [-0.2, -0.15) is 0 Å². The number of carbonyl (C=O) groups is 4. The van der Waals surface area contributed by atoms with Crippen molar-refractivity contribution in [3.05, 3.63) is 105 Å². The van der Waals surface area contributed by atoms with Gasteiger partial charge in [0.25, 0.3) is 5.91 Å². The number of carboxylic acids is 1. The molecule has 320 valence electrons. The predicted molar refractivity (Wildman–Crippen MR) is 230 cm³/mol. The number of esters is 2. The first-order chi connectivity index (χ1) is 28.2. The SMILES string of the molecule is CCOc1cc(C(=O)Nc2ccc(C(=O)OC)cc2)cc(OC(CC)CC)c1Cl.CCOc1cc(C(=O)O)cc(OC(CC)CC)c1Cl.COC(=O)c1ccc(N)cc1. The Hall–Kier alpha value is -5.66. The summed E-state index contributed by atoms with van der Waals surface area (Å²) < 4.78 is 31.8. The van der Waals surface area contributed by atoms with E-state index in [1.165, 1.54) is 26.4 Å². The molecular formula is C44H54Cl2N2O11. The van der Waals surface area contributed by atoms with Crippen molar-refractivity contribution in [3.8, 4) is 23.0 Å².